The standard InChI is InChI=1S/C17H20NO.3C4H9.Sn/c1-11(2)15-16-14(9-13-7-5-4-6-8-13)12(3)10-18(16)17(15)19;3*1-3-4-2;/h3-8,11,14-16H,9-10H2,1-2H3;3*1,3-4H2,2H3;/t14-,15-,16-;;;;/m1..../s1. The molecule has 3 heteroatoms. The molecule has 178 valence electrons. The minimum atomic E-state index is -2.41. The molecular weight excluding hydrogens is 497 g/mol. The van der Waals surface area contributed by atoms with E-state index in [0.29, 0.717) is 23.8 Å². The van der Waals surface area contributed by atoms with Crippen LogP contribution in [0.5, 0.6) is 0 Å². The van der Waals surface area contributed by atoms with E-state index in [1.807, 2.05) is 0 Å². The van der Waals surface area contributed by atoms with Crippen molar-refractivity contribution in [1.29, 1.82) is 0 Å². The second-order valence-corrected chi connectivity index (χ2v) is 23.8. The fraction of sp³-hybridized carbons (Fsp3) is 0.690. The van der Waals surface area contributed by atoms with Gasteiger partial charge in [0.15, 0.2) is 0 Å². The molecule has 0 bridgehead atoms. The molecule has 2 nitrogen and oxygen atoms in total. The quantitative estimate of drug-likeness (QED) is 0.185. The first-order valence-electron chi connectivity index (χ1n) is 13.5. The molecule has 0 aliphatic carbocycles. The molecule has 1 aromatic rings. The number of rotatable bonds is 13. The van der Waals surface area contributed by atoms with E-state index in [0.717, 1.165) is 13.0 Å². The first-order valence-corrected chi connectivity index (χ1v) is 21.2. The van der Waals surface area contributed by atoms with Crippen LogP contribution < -0.4 is 0 Å². The Morgan fingerprint density at radius 2 is 1.53 bits per heavy atom. The summed E-state index contributed by atoms with van der Waals surface area (Å²) in [5, 5.41) is 0. The normalized spacial score (nSPS) is 24.3. The summed E-state index contributed by atoms with van der Waals surface area (Å²) in [6, 6.07) is 11.5. The molecule has 0 radical (unpaired) electrons. The molecule has 2 saturated heterocycles. The number of carbonyl (C=O) groups excluding carboxylic acids is 1. The summed E-state index contributed by atoms with van der Waals surface area (Å²) >= 11 is -2.41. The molecule has 0 spiro atoms. The van der Waals surface area contributed by atoms with Crippen molar-refractivity contribution in [3.63, 3.8) is 0 Å². The zero-order chi connectivity index (χ0) is 23.1. The van der Waals surface area contributed by atoms with Crippen molar-refractivity contribution < 1.29 is 4.79 Å². The van der Waals surface area contributed by atoms with Crippen LogP contribution in [0.3, 0.4) is 0 Å². The molecular formula is C29H47NOSn. The van der Waals surface area contributed by atoms with Gasteiger partial charge in [0, 0.05) is 0 Å². The summed E-state index contributed by atoms with van der Waals surface area (Å²) in [4.78, 5) is 15.3. The Hall–Kier alpha value is -0.771. The van der Waals surface area contributed by atoms with Gasteiger partial charge in [-0.3, -0.25) is 0 Å². The van der Waals surface area contributed by atoms with E-state index < -0.39 is 18.4 Å². The van der Waals surface area contributed by atoms with Gasteiger partial charge in [-0.15, -0.1) is 0 Å². The summed E-state index contributed by atoms with van der Waals surface area (Å²) in [6.45, 7) is 12.5. The number of unbranched alkanes of at least 4 members (excludes halogenated alkanes) is 3. The summed E-state index contributed by atoms with van der Waals surface area (Å²) in [5.41, 5.74) is 3.10. The average Bonchev–Trinajstić information content (AvgIpc) is 3.08. The van der Waals surface area contributed by atoms with Crippen LogP contribution in [0.1, 0.15) is 78.7 Å². The third-order valence-electron chi connectivity index (χ3n) is 8.13. The number of hydrogen-bond acceptors (Lipinski definition) is 1. The molecule has 0 N–H and O–H groups in total. The predicted octanol–water partition coefficient (Wildman–Crippen LogP) is 7.66. The maximum absolute atomic E-state index is 13.0. The molecule has 0 aromatic heterocycles. The SMILES string of the molecule is CCC[CH2][Sn](/[CH]=C1\CN2C(=O)[C@H](C(C)C)[C@H]2[C@@H]1Cc1ccccc1)([CH2]CCC)[CH2]CCC. The molecule has 1 aromatic carbocycles. The van der Waals surface area contributed by atoms with Crippen LogP contribution in [0.15, 0.2) is 40.0 Å². The average molecular weight is 544 g/mol. The number of benzene rings is 1. The van der Waals surface area contributed by atoms with Gasteiger partial charge < -0.3 is 0 Å². The van der Waals surface area contributed by atoms with Gasteiger partial charge in [-0.05, 0) is 0 Å². The van der Waals surface area contributed by atoms with Crippen LogP contribution in [-0.2, 0) is 11.2 Å². The van der Waals surface area contributed by atoms with Crippen LogP contribution in [0.2, 0.25) is 13.3 Å². The van der Waals surface area contributed by atoms with Gasteiger partial charge in [0.1, 0.15) is 0 Å². The van der Waals surface area contributed by atoms with Gasteiger partial charge >= 0.3 is 203 Å². The summed E-state index contributed by atoms with van der Waals surface area (Å²) in [7, 11) is 0. The van der Waals surface area contributed by atoms with Gasteiger partial charge in [0.25, 0.3) is 0 Å². The Kier molecular flexibility index (Phi) is 9.76. The van der Waals surface area contributed by atoms with Crippen molar-refractivity contribution in [3.8, 4) is 0 Å². The number of carbonyl (C=O) groups is 1. The fourth-order valence-electron chi connectivity index (χ4n) is 6.30. The van der Waals surface area contributed by atoms with E-state index in [4.69, 9.17) is 0 Å². The van der Waals surface area contributed by atoms with Gasteiger partial charge in [0.05, 0.1) is 0 Å². The second kappa shape index (κ2) is 12.1. The van der Waals surface area contributed by atoms with Crippen LogP contribution in [0.4, 0.5) is 0 Å². The van der Waals surface area contributed by atoms with E-state index in [2.05, 4.69) is 73.9 Å². The van der Waals surface area contributed by atoms with Crippen LogP contribution in [0.25, 0.3) is 0 Å². The molecule has 3 atom stereocenters. The van der Waals surface area contributed by atoms with E-state index in [9.17, 15) is 4.79 Å². The monoisotopic (exact) mass is 545 g/mol. The molecule has 1 amide bonds. The minimum absolute atomic E-state index is 0.223. The summed E-state index contributed by atoms with van der Waals surface area (Å²) in [5.74, 6) is 1.61. The Labute approximate surface area is 202 Å². The molecule has 2 aliphatic rings. The van der Waals surface area contributed by atoms with Crippen LogP contribution in [0, 0.1) is 17.8 Å². The molecule has 2 heterocycles. The zero-order valence-electron chi connectivity index (χ0n) is 21.4. The molecule has 0 unspecified atom stereocenters. The Balaban J connectivity index is 1.97. The van der Waals surface area contributed by atoms with Crippen molar-refractivity contribution in [3.05, 3.63) is 45.6 Å². The third kappa shape index (κ3) is 5.83. The molecule has 2 aliphatic heterocycles. The van der Waals surface area contributed by atoms with Crippen molar-refractivity contribution in [2.75, 3.05) is 6.54 Å². The third-order valence-corrected chi connectivity index (χ3v) is 22.5. The van der Waals surface area contributed by atoms with E-state index in [1.54, 1.807) is 5.57 Å². The van der Waals surface area contributed by atoms with Gasteiger partial charge in [-0.1, -0.05) is 0 Å². The Bertz CT molecular complexity index is 734. The molecule has 0 saturated carbocycles. The van der Waals surface area contributed by atoms with Gasteiger partial charge in [-0.25, -0.2) is 0 Å². The van der Waals surface area contributed by atoms with Crippen molar-refractivity contribution in [2.24, 2.45) is 17.8 Å². The maximum atomic E-state index is 13.0. The number of β-lactam (4-membered cyclic amide) rings is 1. The molecule has 2 fully saturated rings. The van der Waals surface area contributed by atoms with Gasteiger partial charge in [0.2, 0.25) is 0 Å². The predicted molar refractivity (Wildman–Crippen MR) is 140 cm³/mol. The van der Waals surface area contributed by atoms with Crippen molar-refractivity contribution in [1.82, 2.24) is 4.90 Å². The number of fused-ring (bicyclic) bond motifs is 1. The fourth-order valence-corrected chi connectivity index (χ4v) is 21.9. The van der Waals surface area contributed by atoms with Gasteiger partial charge in [-0.2, -0.15) is 0 Å². The van der Waals surface area contributed by atoms with Crippen LogP contribution in [-0.4, -0.2) is 41.8 Å². The second-order valence-electron chi connectivity index (χ2n) is 10.9. The van der Waals surface area contributed by atoms with Crippen molar-refractivity contribution in [2.45, 2.75) is 98.9 Å². The Morgan fingerprint density at radius 1 is 0.969 bits per heavy atom. The molecule has 32 heavy (non-hydrogen) atoms. The summed E-state index contributed by atoms with van der Waals surface area (Å²) < 4.78 is 7.48. The zero-order valence-corrected chi connectivity index (χ0v) is 24.3. The topological polar surface area (TPSA) is 20.3 Å². The first-order chi connectivity index (χ1) is 15.5. The number of nitrogens with zero attached hydrogens (tertiary/aromatic N) is 1. The van der Waals surface area contributed by atoms with E-state index in [1.165, 1.54) is 57.4 Å². The number of hydrogen-bond donors (Lipinski definition) is 0. The summed E-state index contributed by atoms with van der Waals surface area (Å²) in [6.07, 6.45) is 9.25. The van der Waals surface area contributed by atoms with Crippen molar-refractivity contribution >= 4 is 24.3 Å². The van der Waals surface area contributed by atoms with E-state index in [-0.39, 0.29) is 5.92 Å². The first kappa shape index (κ1) is 25.8. The molecule has 3 rings (SSSR count). The van der Waals surface area contributed by atoms with E-state index >= 15 is 0 Å². The van der Waals surface area contributed by atoms with Crippen LogP contribution >= 0.6 is 0 Å². The Morgan fingerprint density at radius 3 is 2.03 bits per heavy atom. The number of amides is 1.